The first-order chi connectivity index (χ1) is 9.43. The third kappa shape index (κ3) is 3.26. The quantitative estimate of drug-likeness (QED) is 0.676. The van der Waals surface area contributed by atoms with E-state index in [9.17, 15) is 14.7 Å². The molecule has 1 unspecified atom stereocenters. The van der Waals surface area contributed by atoms with E-state index < -0.39 is 17.4 Å². The molecule has 0 fully saturated rings. The number of nitrogens with one attached hydrogen (secondary N) is 1. The fourth-order valence-electron chi connectivity index (χ4n) is 1.78. The smallest absolute Gasteiger partial charge is 0.332 e. The van der Waals surface area contributed by atoms with Gasteiger partial charge in [-0.15, -0.1) is 0 Å². The molecule has 0 aromatic carbocycles. The molecule has 0 bridgehead atoms. The molecule has 1 heterocycles. The summed E-state index contributed by atoms with van der Waals surface area (Å²) in [7, 11) is 4.27. The summed E-state index contributed by atoms with van der Waals surface area (Å²) in [6, 6.07) is 1.79. The maximum atomic E-state index is 11.8. The minimum absolute atomic E-state index is 0.129. The van der Waals surface area contributed by atoms with Crippen molar-refractivity contribution in [1.29, 1.82) is 5.26 Å². The van der Waals surface area contributed by atoms with Crippen LogP contribution in [0.1, 0.15) is 12.0 Å². The molecule has 0 aliphatic carbocycles. The summed E-state index contributed by atoms with van der Waals surface area (Å²) in [5.41, 5.74) is -1.29. The predicted molar refractivity (Wildman–Crippen MR) is 72.6 cm³/mol. The molecule has 1 atom stereocenters. The Balaban J connectivity index is 2.99. The first-order valence-corrected chi connectivity index (χ1v) is 6.05. The Labute approximate surface area is 115 Å². The Hall–Kier alpha value is -2.11. The van der Waals surface area contributed by atoms with Crippen molar-refractivity contribution in [1.82, 2.24) is 9.13 Å². The van der Waals surface area contributed by atoms with Crippen molar-refractivity contribution in [3.05, 3.63) is 26.4 Å². The van der Waals surface area contributed by atoms with Crippen molar-refractivity contribution in [2.24, 2.45) is 14.1 Å². The number of anilines is 1. The molecule has 1 rings (SSSR count). The largest absolute Gasteiger partial charge is 0.391 e. The van der Waals surface area contributed by atoms with Crippen LogP contribution in [0.2, 0.25) is 0 Å². The molecule has 8 heteroatoms. The molecule has 0 saturated heterocycles. The van der Waals surface area contributed by atoms with Gasteiger partial charge in [-0.3, -0.25) is 13.9 Å². The molecule has 1 aromatic heterocycles. The van der Waals surface area contributed by atoms with Gasteiger partial charge in [0.1, 0.15) is 11.9 Å². The van der Waals surface area contributed by atoms with Gasteiger partial charge < -0.3 is 15.2 Å². The van der Waals surface area contributed by atoms with Gasteiger partial charge in [0.2, 0.25) is 0 Å². The summed E-state index contributed by atoms with van der Waals surface area (Å²) in [5.74, 6) is 0.158. The number of rotatable bonds is 6. The van der Waals surface area contributed by atoms with Crippen LogP contribution in [0, 0.1) is 11.3 Å². The lowest BCUT2D eigenvalue weighted by Gasteiger charge is -2.15. The second-order valence-corrected chi connectivity index (χ2v) is 4.37. The Morgan fingerprint density at radius 1 is 1.40 bits per heavy atom. The first-order valence-electron chi connectivity index (χ1n) is 6.05. The van der Waals surface area contributed by atoms with E-state index in [4.69, 9.17) is 10.00 Å². The molecule has 0 saturated carbocycles. The number of ether oxygens (including phenoxy) is 1. The van der Waals surface area contributed by atoms with E-state index in [1.807, 2.05) is 0 Å². The van der Waals surface area contributed by atoms with Crippen LogP contribution >= 0.6 is 0 Å². The average molecular weight is 282 g/mol. The van der Waals surface area contributed by atoms with Crippen LogP contribution in [-0.4, -0.2) is 40.6 Å². The normalized spacial score (nSPS) is 11.9. The molecular weight excluding hydrogens is 264 g/mol. The SMILES string of the molecule is COCC(O)CCNc1c(C#N)c(=O)n(C)c(=O)n1C. The number of aliphatic hydroxyl groups is 1. The molecule has 0 spiro atoms. The van der Waals surface area contributed by atoms with Crippen molar-refractivity contribution in [2.45, 2.75) is 12.5 Å². The lowest BCUT2D eigenvalue weighted by molar-refractivity contribution is 0.0615. The number of hydrogen-bond acceptors (Lipinski definition) is 6. The van der Waals surface area contributed by atoms with Crippen molar-refractivity contribution in [3.63, 3.8) is 0 Å². The lowest BCUT2D eigenvalue weighted by atomic mass is 10.2. The zero-order chi connectivity index (χ0) is 15.3. The van der Waals surface area contributed by atoms with Gasteiger partial charge in [0.15, 0.2) is 5.56 Å². The molecule has 20 heavy (non-hydrogen) atoms. The van der Waals surface area contributed by atoms with E-state index in [0.29, 0.717) is 13.0 Å². The molecule has 0 amide bonds. The van der Waals surface area contributed by atoms with Crippen LogP contribution in [-0.2, 0) is 18.8 Å². The molecule has 2 N–H and O–H groups in total. The summed E-state index contributed by atoms with van der Waals surface area (Å²) in [6.07, 6.45) is -0.288. The van der Waals surface area contributed by atoms with Gasteiger partial charge in [0.25, 0.3) is 5.56 Å². The summed E-state index contributed by atoms with van der Waals surface area (Å²) in [6.45, 7) is 0.502. The van der Waals surface area contributed by atoms with Crippen LogP contribution in [0.3, 0.4) is 0 Å². The van der Waals surface area contributed by atoms with E-state index in [-0.39, 0.29) is 18.0 Å². The van der Waals surface area contributed by atoms with E-state index >= 15 is 0 Å². The fraction of sp³-hybridized carbons (Fsp3) is 0.583. The van der Waals surface area contributed by atoms with Gasteiger partial charge in [-0.05, 0) is 6.42 Å². The van der Waals surface area contributed by atoms with Crippen LogP contribution in [0.15, 0.2) is 9.59 Å². The van der Waals surface area contributed by atoms with Crippen LogP contribution in [0.4, 0.5) is 5.82 Å². The van der Waals surface area contributed by atoms with Gasteiger partial charge in [-0.25, -0.2) is 4.79 Å². The van der Waals surface area contributed by atoms with Crippen molar-refractivity contribution in [2.75, 3.05) is 25.6 Å². The average Bonchev–Trinajstić information content (AvgIpc) is 2.42. The second kappa shape index (κ2) is 6.88. The van der Waals surface area contributed by atoms with Crippen molar-refractivity contribution in [3.8, 4) is 6.07 Å². The van der Waals surface area contributed by atoms with Gasteiger partial charge in [0.05, 0.1) is 12.7 Å². The Bertz CT molecular complexity index is 626. The predicted octanol–water partition coefficient (Wildman–Crippen LogP) is -1.24. The molecule has 0 radical (unpaired) electrons. The Kier molecular flexibility index (Phi) is 5.49. The van der Waals surface area contributed by atoms with Crippen LogP contribution in [0.5, 0.6) is 0 Å². The zero-order valence-electron chi connectivity index (χ0n) is 11.7. The zero-order valence-corrected chi connectivity index (χ0v) is 11.7. The maximum absolute atomic E-state index is 11.8. The third-order valence-electron chi connectivity index (χ3n) is 2.91. The number of hydrogen-bond donors (Lipinski definition) is 2. The number of methoxy groups -OCH3 is 1. The van der Waals surface area contributed by atoms with E-state index in [1.54, 1.807) is 6.07 Å². The van der Waals surface area contributed by atoms with E-state index in [0.717, 1.165) is 4.57 Å². The second-order valence-electron chi connectivity index (χ2n) is 4.37. The summed E-state index contributed by atoms with van der Waals surface area (Å²) in [5, 5.41) is 21.4. The molecule has 8 nitrogen and oxygen atoms in total. The molecule has 0 aliphatic heterocycles. The minimum Gasteiger partial charge on any atom is -0.391 e. The Morgan fingerprint density at radius 2 is 2.05 bits per heavy atom. The fourth-order valence-corrected chi connectivity index (χ4v) is 1.78. The summed E-state index contributed by atoms with van der Waals surface area (Å²) >= 11 is 0. The Morgan fingerprint density at radius 3 is 2.60 bits per heavy atom. The number of aliphatic hydroxyl groups excluding tert-OH is 1. The van der Waals surface area contributed by atoms with Crippen LogP contribution in [0.25, 0.3) is 0 Å². The van der Waals surface area contributed by atoms with Crippen molar-refractivity contribution < 1.29 is 9.84 Å². The third-order valence-corrected chi connectivity index (χ3v) is 2.91. The van der Waals surface area contributed by atoms with Gasteiger partial charge in [-0.1, -0.05) is 0 Å². The molecule has 110 valence electrons. The highest BCUT2D eigenvalue weighted by atomic mass is 16.5. The molecule has 0 aliphatic rings. The molecular formula is C12H18N4O4. The number of nitriles is 1. The van der Waals surface area contributed by atoms with Gasteiger partial charge in [0, 0.05) is 27.7 Å². The highest BCUT2D eigenvalue weighted by Crippen LogP contribution is 2.07. The van der Waals surface area contributed by atoms with E-state index in [2.05, 4.69) is 5.32 Å². The van der Waals surface area contributed by atoms with Crippen LogP contribution < -0.4 is 16.6 Å². The topological polar surface area (TPSA) is 109 Å². The lowest BCUT2D eigenvalue weighted by Crippen LogP contribution is -2.40. The first kappa shape index (κ1) is 15.9. The van der Waals surface area contributed by atoms with E-state index in [1.165, 1.54) is 25.8 Å². The number of nitrogens with zero attached hydrogens (tertiary/aromatic N) is 3. The van der Waals surface area contributed by atoms with Gasteiger partial charge in [-0.2, -0.15) is 5.26 Å². The minimum atomic E-state index is -0.651. The van der Waals surface area contributed by atoms with Crippen molar-refractivity contribution >= 4 is 5.82 Å². The standard InChI is InChI=1S/C12H18N4O4/c1-15-10(14-5-4-8(17)7-20-3)9(6-13)11(18)16(2)12(15)19/h8,14,17H,4-5,7H2,1-3H3. The maximum Gasteiger partial charge on any atom is 0.332 e. The van der Waals surface area contributed by atoms with Gasteiger partial charge >= 0.3 is 5.69 Å². The highest BCUT2D eigenvalue weighted by Gasteiger charge is 2.15. The number of aromatic nitrogens is 2. The highest BCUT2D eigenvalue weighted by molar-refractivity contribution is 5.51. The molecule has 1 aromatic rings. The monoisotopic (exact) mass is 282 g/mol. The summed E-state index contributed by atoms with van der Waals surface area (Å²) in [4.78, 5) is 23.6. The summed E-state index contributed by atoms with van der Waals surface area (Å²) < 4.78 is 6.87.